The number of aromatic nitrogens is 2. The molecular weight excluding hydrogens is 358 g/mol. The first-order valence-electron chi connectivity index (χ1n) is 9.43. The van der Waals surface area contributed by atoms with Gasteiger partial charge in [-0.25, -0.2) is 14.8 Å². The lowest BCUT2D eigenvalue weighted by Gasteiger charge is -2.34. The summed E-state index contributed by atoms with van der Waals surface area (Å²) in [7, 11) is 0. The molecule has 3 rings (SSSR count). The predicted molar refractivity (Wildman–Crippen MR) is 107 cm³/mol. The second-order valence-corrected chi connectivity index (χ2v) is 8.18. The monoisotopic (exact) mass is 385 g/mol. The Morgan fingerprint density at radius 3 is 2.50 bits per heavy atom. The van der Waals surface area contributed by atoms with Crippen molar-refractivity contribution >= 4 is 28.7 Å². The molecule has 1 aliphatic heterocycles. The van der Waals surface area contributed by atoms with Crippen molar-refractivity contribution in [2.75, 3.05) is 18.0 Å². The number of rotatable bonds is 3. The van der Waals surface area contributed by atoms with Crippen molar-refractivity contribution in [3.63, 3.8) is 0 Å². The number of carbonyl (C=O) groups is 2. The molecule has 8 heteroatoms. The number of nitrogens with zero attached hydrogens (tertiary/aromatic N) is 3. The Labute approximate surface area is 164 Å². The summed E-state index contributed by atoms with van der Waals surface area (Å²) in [6, 6.07) is 3.78. The maximum Gasteiger partial charge on any atom is 0.407 e. The van der Waals surface area contributed by atoms with Crippen molar-refractivity contribution in [3.05, 3.63) is 29.6 Å². The first kappa shape index (κ1) is 19.9. The van der Waals surface area contributed by atoms with E-state index in [2.05, 4.69) is 20.2 Å². The van der Waals surface area contributed by atoms with E-state index >= 15 is 0 Å². The highest BCUT2D eigenvalue weighted by Crippen LogP contribution is 2.28. The van der Waals surface area contributed by atoms with Gasteiger partial charge in [0.25, 0.3) is 5.91 Å². The molecule has 1 fully saturated rings. The molecule has 2 amide bonds. The summed E-state index contributed by atoms with van der Waals surface area (Å²) in [5.74, 6) is 0.283. The van der Waals surface area contributed by atoms with Crippen LogP contribution in [0.4, 0.5) is 10.6 Å². The molecule has 8 nitrogen and oxygen atoms in total. The van der Waals surface area contributed by atoms with Crippen molar-refractivity contribution < 1.29 is 14.3 Å². The van der Waals surface area contributed by atoms with Crippen LogP contribution < -0.4 is 16.0 Å². The van der Waals surface area contributed by atoms with Crippen LogP contribution in [-0.2, 0) is 4.74 Å². The molecule has 2 heterocycles. The Kier molecular flexibility index (Phi) is 5.40. The predicted octanol–water partition coefficient (Wildman–Crippen LogP) is 2.53. The lowest BCUT2D eigenvalue weighted by atomic mass is 10.0. The largest absolute Gasteiger partial charge is 0.444 e. The molecule has 28 heavy (non-hydrogen) atoms. The van der Waals surface area contributed by atoms with Gasteiger partial charge in [0, 0.05) is 24.5 Å². The summed E-state index contributed by atoms with van der Waals surface area (Å²) in [5, 5.41) is 3.75. The molecule has 0 bridgehead atoms. The van der Waals surface area contributed by atoms with Gasteiger partial charge in [-0.2, -0.15) is 0 Å². The molecule has 0 spiro atoms. The quantitative estimate of drug-likeness (QED) is 0.840. The van der Waals surface area contributed by atoms with Gasteiger partial charge in [-0.3, -0.25) is 4.79 Å². The average Bonchev–Trinajstić information content (AvgIpc) is 2.59. The highest BCUT2D eigenvalue weighted by molar-refractivity contribution is 6.07. The van der Waals surface area contributed by atoms with Crippen LogP contribution in [0.2, 0.25) is 0 Å². The third-order valence-corrected chi connectivity index (χ3v) is 4.64. The van der Waals surface area contributed by atoms with Crippen LogP contribution >= 0.6 is 0 Å². The Bertz CT molecular complexity index is 899. The maximum atomic E-state index is 12.0. The van der Waals surface area contributed by atoms with Gasteiger partial charge < -0.3 is 20.7 Å². The van der Waals surface area contributed by atoms with Gasteiger partial charge in [0.2, 0.25) is 0 Å². The fourth-order valence-electron chi connectivity index (χ4n) is 3.45. The summed E-state index contributed by atoms with van der Waals surface area (Å²) in [6.45, 7) is 8.91. The van der Waals surface area contributed by atoms with Crippen LogP contribution in [0.1, 0.15) is 49.5 Å². The molecule has 0 unspecified atom stereocenters. The van der Waals surface area contributed by atoms with Gasteiger partial charge in [0.05, 0.1) is 11.1 Å². The number of amides is 2. The summed E-state index contributed by atoms with van der Waals surface area (Å²) < 4.78 is 5.33. The first-order valence-corrected chi connectivity index (χ1v) is 9.43. The summed E-state index contributed by atoms with van der Waals surface area (Å²) in [5.41, 5.74) is 6.91. The Hall–Kier alpha value is -2.90. The fraction of sp³-hybridized carbons (Fsp3) is 0.500. The second-order valence-electron chi connectivity index (χ2n) is 8.18. The maximum absolute atomic E-state index is 12.0. The Morgan fingerprint density at radius 2 is 1.89 bits per heavy atom. The molecule has 1 aliphatic rings. The lowest BCUT2D eigenvalue weighted by Crippen LogP contribution is -2.46. The van der Waals surface area contributed by atoms with Crippen LogP contribution in [0.25, 0.3) is 10.9 Å². The van der Waals surface area contributed by atoms with Crippen molar-refractivity contribution in [2.24, 2.45) is 5.73 Å². The van der Waals surface area contributed by atoms with Gasteiger partial charge in [0.1, 0.15) is 17.7 Å². The summed E-state index contributed by atoms with van der Waals surface area (Å²) in [6.07, 6.45) is 2.63. The molecule has 3 N–H and O–H groups in total. The molecule has 0 atom stereocenters. The summed E-state index contributed by atoms with van der Waals surface area (Å²) in [4.78, 5) is 34.7. The number of anilines is 1. The molecule has 150 valence electrons. The van der Waals surface area contributed by atoms with E-state index in [1.165, 1.54) is 6.33 Å². The minimum atomic E-state index is -0.513. The highest BCUT2D eigenvalue weighted by Gasteiger charge is 2.25. The summed E-state index contributed by atoms with van der Waals surface area (Å²) >= 11 is 0. The smallest absolute Gasteiger partial charge is 0.407 e. The minimum Gasteiger partial charge on any atom is -0.444 e. The van der Waals surface area contributed by atoms with Gasteiger partial charge >= 0.3 is 6.09 Å². The molecule has 1 aromatic heterocycles. The number of alkyl carbamates (subject to hydrolysis) is 1. The van der Waals surface area contributed by atoms with E-state index in [1.54, 1.807) is 6.07 Å². The number of nitrogens with one attached hydrogen (secondary N) is 1. The Balaban J connectivity index is 1.75. The zero-order valence-electron chi connectivity index (χ0n) is 16.8. The van der Waals surface area contributed by atoms with Crippen molar-refractivity contribution in [2.45, 2.75) is 52.2 Å². The van der Waals surface area contributed by atoms with Crippen molar-refractivity contribution in [1.29, 1.82) is 0 Å². The topological polar surface area (TPSA) is 110 Å². The van der Waals surface area contributed by atoms with Crippen LogP contribution in [0.5, 0.6) is 0 Å². The van der Waals surface area contributed by atoms with Gasteiger partial charge in [-0.1, -0.05) is 0 Å². The zero-order chi connectivity index (χ0) is 20.5. The van der Waals surface area contributed by atoms with Gasteiger partial charge in [0.15, 0.2) is 0 Å². The van der Waals surface area contributed by atoms with Crippen LogP contribution in [-0.4, -0.2) is 46.7 Å². The van der Waals surface area contributed by atoms with Crippen molar-refractivity contribution in [3.8, 4) is 0 Å². The van der Waals surface area contributed by atoms with E-state index in [1.807, 2.05) is 33.8 Å². The number of ether oxygens (including phenoxy) is 1. The third-order valence-electron chi connectivity index (χ3n) is 4.64. The average molecular weight is 385 g/mol. The number of piperidine rings is 1. The number of fused-ring (bicyclic) bond motifs is 1. The van der Waals surface area contributed by atoms with Crippen LogP contribution in [0.3, 0.4) is 0 Å². The molecular formula is C20H27N5O3. The normalized spacial score (nSPS) is 15.5. The minimum absolute atomic E-state index is 0.0575. The molecule has 0 aliphatic carbocycles. The number of aryl methyl sites for hydroxylation is 1. The molecule has 2 aromatic rings. The molecule has 1 aromatic carbocycles. The van der Waals surface area contributed by atoms with Gasteiger partial charge in [-0.05, 0) is 58.2 Å². The van der Waals surface area contributed by atoms with E-state index in [-0.39, 0.29) is 12.1 Å². The number of nitrogens with two attached hydrogens (primary N) is 1. The van der Waals surface area contributed by atoms with E-state index < -0.39 is 11.5 Å². The number of carbonyl (C=O) groups excluding carboxylic acids is 2. The van der Waals surface area contributed by atoms with E-state index in [0.29, 0.717) is 11.1 Å². The first-order chi connectivity index (χ1) is 13.1. The van der Waals surface area contributed by atoms with E-state index in [0.717, 1.165) is 42.7 Å². The zero-order valence-corrected chi connectivity index (χ0v) is 16.8. The number of hydrogen-bond acceptors (Lipinski definition) is 6. The Morgan fingerprint density at radius 1 is 1.21 bits per heavy atom. The number of primary amides is 1. The SMILES string of the molecule is Cc1cc(C(N)=O)c2ncnc(N3CCC(NC(=O)OC(C)(C)C)CC3)c2c1. The highest BCUT2D eigenvalue weighted by atomic mass is 16.6. The van der Waals surface area contributed by atoms with Crippen LogP contribution in [0.15, 0.2) is 18.5 Å². The number of hydrogen-bond donors (Lipinski definition) is 2. The van der Waals surface area contributed by atoms with E-state index in [4.69, 9.17) is 10.5 Å². The number of benzene rings is 1. The second kappa shape index (κ2) is 7.61. The molecule has 0 radical (unpaired) electrons. The molecule has 1 saturated heterocycles. The van der Waals surface area contributed by atoms with Gasteiger partial charge in [-0.15, -0.1) is 0 Å². The third kappa shape index (κ3) is 4.49. The van der Waals surface area contributed by atoms with Crippen LogP contribution in [0, 0.1) is 6.92 Å². The van der Waals surface area contributed by atoms with Crippen molar-refractivity contribution in [1.82, 2.24) is 15.3 Å². The standard InChI is InChI=1S/C20H27N5O3/c1-12-9-14(17(21)26)16-15(10-12)18(23-11-22-16)25-7-5-13(6-8-25)24-19(27)28-20(2,3)4/h9-11,13H,5-8H2,1-4H3,(H2,21,26)(H,24,27). The molecule has 0 saturated carbocycles. The van der Waals surface area contributed by atoms with E-state index in [9.17, 15) is 9.59 Å². The fourth-order valence-corrected chi connectivity index (χ4v) is 3.45. The lowest BCUT2D eigenvalue weighted by molar-refractivity contribution is 0.0497.